The van der Waals surface area contributed by atoms with Gasteiger partial charge in [-0.2, -0.15) is 5.10 Å². The molecule has 0 radical (unpaired) electrons. The summed E-state index contributed by atoms with van der Waals surface area (Å²) in [5.74, 6) is -0.271. The first kappa shape index (κ1) is 22.7. The van der Waals surface area contributed by atoms with Gasteiger partial charge in [-0.1, -0.05) is 6.42 Å². The molecular formula is C30H26FN7. The Labute approximate surface area is 218 Å². The average molecular weight is 504 g/mol. The van der Waals surface area contributed by atoms with E-state index in [4.69, 9.17) is 4.98 Å². The average Bonchev–Trinajstić information content (AvgIpc) is 3.58. The van der Waals surface area contributed by atoms with Crippen LogP contribution in [0, 0.1) is 5.82 Å². The standard InChI is InChI=1S/C30H26FN7/c31-22-6-4-20(5-7-22)28-23-15-27(34-25(23)10-11-33-28)30-29-26(36-37-30)9-8-24(35-29)21-14-19(16-32-17-21)18-38-12-2-1-3-13-38/h4-11,14-17,34H,1-3,12-13,18H2,(H,36,37). The number of likely N-dealkylation sites (tertiary alicyclic amines) is 1. The molecule has 1 fully saturated rings. The number of pyridine rings is 3. The van der Waals surface area contributed by atoms with Gasteiger partial charge in [-0.05, 0) is 86.1 Å². The van der Waals surface area contributed by atoms with Gasteiger partial charge >= 0.3 is 0 Å². The van der Waals surface area contributed by atoms with E-state index in [-0.39, 0.29) is 5.82 Å². The zero-order valence-corrected chi connectivity index (χ0v) is 20.8. The largest absolute Gasteiger partial charge is 0.353 e. The molecule has 1 aliphatic rings. The summed E-state index contributed by atoms with van der Waals surface area (Å²) in [4.78, 5) is 20.1. The number of hydrogen-bond donors (Lipinski definition) is 2. The Hall–Kier alpha value is -4.43. The predicted molar refractivity (Wildman–Crippen MR) is 147 cm³/mol. The van der Waals surface area contributed by atoms with E-state index in [2.05, 4.69) is 36.1 Å². The molecule has 0 atom stereocenters. The molecule has 188 valence electrons. The second-order valence-corrected chi connectivity index (χ2v) is 9.89. The van der Waals surface area contributed by atoms with Crippen LogP contribution >= 0.6 is 0 Å². The number of aromatic nitrogens is 6. The van der Waals surface area contributed by atoms with Crippen molar-refractivity contribution in [3.05, 3.63) is 84.6 Å². The molecule has 0 spiro atoms. The van der Waals surface area contributed by atoms with Crippen LogP contribution in [0.15, 0.2) is 73.2 Å². The quantitative estimate of drug-likeness (QED) is 0.286. The smallest absolute Gasteiger partial charge is 0.135 e. The Morgan fingerprint density at radius 1 is 0.842 bits per heavy atom. The molecule has 7 rings (SSSR count). The lowest BCUT2D eigenvalue weighted by atomic mass is 10.1. The third-order valence-corrected chi connectivity index (χ3v) is 7.27. The van der Waals surface area contributed by atoms with Crippen LogP contribution in [0.2, 0.25) is 0 Å². The van der Waals surface area contributed by atoms with Crippen molar-refractivity contribution in [1.82, 2.24) is 35.0 Å². The highest BCUT2D eigenvalue weighted by Crippen LogP contribution is 2.33. The van der Waals surface area contributed by atoms with Crippen LogP contribution in [0.5, 0.6) is 0 Å². The van der Waals surface area contributed by atoms with E-state index in [0.717, 1.165) is 75.5 Å². The second-order valence-electron chi connectivity index (χ2n) is 9.89. The van der Waals surface area contributed by atoms with Crippen molar-refractivity contribution in [2.45, 2.75) is 25.8 Å². The van der Waals surface area contributed by atoms with Gasteiger partial charge in [0, 0.05) is 47.2 Å². The summed E-state index contributed by atoms with van der Waals surface area (Å²) >= 11 is 0. The van der Waals surface area contributed by atoms with E-state index in [9.17, 15) is 4.39 Å². The number of rotatable bonds is 5. The Morgan fingerprint density at radius 3 is 2.58 bits per heavy atom. The van der Waals surface area contributed by atoms with Gasteiger partial charge in [0.15, 0.2) is 0 Å². The summed E-state index contributed by atoms with van der Waals surface area (Å²) in [6.45, 7) is 3.21. The maximum Gasteiger partial charge on any atom is 0.135 e. The molecule has 2 N–H and O–H groups in total. The van der Waals surface area contributed by atoms with Gasteiger partial charge in [-0.15, -0.1) is 0 Å². The maximum absolute atomic E-state index is 13.5. The number of aromatic amines is 2. The number of halogens is 1. The third-order valence-electron chi connectivity index (χ3n) is 7.27. The van der Waals surface area contributed by atoms with Gasteiger partial charge in [0.25, 0.3) is 0 Å². The topological polar surface area (TPSA) is 86.4 Å². The van der Waals surface area contributed by atoms with E-state index in [1.54, 1.807) is 18.3 Å². The number of fused-ring (bicyclic) bond motifs is 2. The summed E-state index contributed by atoms with van der Waals surface area (Å²) in [6, 6.07) is 16.6. The van der Waals surface area contributed by atoms with Crippen molar-refractivity contribution in [3.63, 3.8) is 0 Å². The van der Waals surface area contributed by atoms with Gasteiger partial charge in [0.1, 0.15) is 17.0 Å². The molecule has 0 amide bonds. The van der Waals surface area contributed by atoms with Gasteiger partial charge in [0.2, 0.25) is 0 Å². The van der Waals surface area contributed by atoms with Crippen LogP contribution < -0.4 is 0 Å². The molecule has 38 heavy (non-hydrogen) atoms. The van der Waals surface area contributed by atoms with Crippen molar-refractivity contribution >= 4 is 21.9 Å². The first-order chi connectivity index (χ1) is 18.7. The number of hydrogen-bond acceptors (Lipinski definition) is 5. The van der Waals surface area contributed by atoms with Crippen LogP contribution in [0.4, 0.5) is 4.39 Å². The summed E-state index contributed by atoms with van der Waals surface area (Å²) in [6.07, 6.45) is 9.44. The fourth-order valence-corrected chi connectivity index (χ4v) is 5.36. The Morgan fingerprint density at radius 2 is 1.71 bits per heavy atom. The molecule has 0 saturated carbocycles. The molecule has 0 unspecified atom stereocenters. The fraction of sp³-hybridized carbons (Fsp3) is 0.200. The van der Waals surface area contributed by atoms with Gasteiger partial charge < -0.3 is 4.98 Å². The maximum atomic E-state index is 13.5. The monoisotopic (exact) mass is 503 g/mol. The highest BCUT2D eigenvalue weighted by molar-refractivity contribution is 5.99. The van der Waals surface area contributed by atoms with Gasteiger partial charge in [0.05, 0.1) is 22.6 Å². The lowest BCUT2D eigenvalue weighted by molar-refractivity contribution is 0.220. The molecule has 8 heteroatoms. The van der Waals surface area contributed by atoms with Gasteiger partial charge in [-0.3, -0.25) is 20.0 Å². The number of piperidine rings is 1. The van der Waals surface area contributed by atoms with Crippen molar-refractivity contribution in [2.24, 2.45) is 0 Å². The van der Waals surface area contributed by atoms with E-state index in [1.807, 2.05) is 36.7 Å². The highest BCUT2D eigenvalue weighted by Gasteiger charge is 2.17. The molecule has 6 aromatic rings. The third kappa shape index (κ3) is 4.22. The molecule has 0 bridgehead atoms. The molecular weight excluding hydrogens is 477 g/mol. The zero-order chi connectivity index (χ0) is 25.5. The number of benzene rings is 1. The predicted octanol–water partition coefficient (Wildman–Crippen LogP) is 6.36. The lowest BCUT2D eigenvalue weighted by Gasteiger charge is -2.26. The van der Waals surface area contributed by atoms with E-state index < -0.39 is 0 Å². The summed E-state index contributed by atoms with van der Waals surface area (Å²) in [5, 5.41) is 8.65. The Balaban J connectivity index is 1.25. The van der Waals surface area contributed by atoms with Crippen LogP contribution in [0.1, 0.15) is 24.8 Å². The van der Waals surface area contributed by atoms with Crippen LogP contribution in [0.3, 0.4) is 0 Å². The number of H-pyrrole nitrogens is 2. The minimum absolute atomic E-state index is 0.271. The SMILES string of the molecule is Fc1ccc(-c2nccc3[nH]c(-c4n[nH]c5ccc(-c6cncc(CN7CCCCC7)c6)nc45)cc23)cc1. The van der Waals surface area contributed by atoms with Crippen LogP contribution in [-0.4, -0.2) is 48.1 Å². The molecule has 5 aromatic heterocycles. The Kier molecular flexibility index (Phi) is 5.66. The van der Waals surface area contributed by atoms with Crippen LogP contribution in [0.25, 0.3) is 55.8 Å². The number of nitrogens with zero attached hydrogens (tertiary/aromatic N) is 5. The van der Waals surface area contributed by atoms with Crippen molar-refractivity contribution in [3.8, 4) is 33.9 Å². The molecule has 1 aliphatic heterocycles. The van der Waals surface area contributed by atoms with Crippen LogP contribution in [-0.2, 0) is 6.54 Å². The second kappa shape index (κ2) is 9.46. The highest BCUT2D eigenvalue weighted by atomic mass is 19.1. The summed E-state index contributed by atoms with van der Waals surface area (Å²) < 4.78 is 13.5. The van der Waals surface area contributed by atoms with Gasteiger partial charge in [-0.25, -0.2) is 9.37 Å². The van der Waals surface area contributed by atoms with E-state index >= 15 is 0 Å². The van der Waals surface area contributed by atoms with Crippen molar-refractivity contribution in [2.75, 3.05) is 13.1 Å². The Bertz CT molecular complexity index is 1750. The van der Waals surface area contributed by atoms with Crippen molar-refractivity contribution in [1.29, 1.82) is 0 Å². The fourth-order valence-electron chi connectivity index (χ4n) is 5.36. The first-order valence-corrected chi connectivity index (χ1v) is 13.0. The van der Waals surface area contributed by atoms with Crippen molar-refractivity contribution < 1.29 is 4.39 Å². The van der Waals surface area contributed by atoms with E-state index in [0.29, 0.717) is 0 Å². The molecule has 1 saturated heterocycles. The first-order valence-electron chi connectivity index (χ1n) is 13.0. The number of nitrogens with one attached hydrogen (secondary N) is 2. The zero-order valence-electron chi connectivity index (χ0n) is 20.8. The molecule has 1 aromatic carbocycles. The molecule has 7 nitrogen and oxygen atoms in total. The minimum atomic E-state index is -0.271. The normalized spacial score (nSPS) is 14.4. The minimum Gasteiger partial charge on any atom is -0.353 e. The summed E-state index contributed by atoms with van der Waals surface area (Å²) in [5.41, 5.74) is 8.84. The molecule has 0 aliphatic carbocycles. The van der Waals surface area contributed by atoms with E-state index in [1.165, 1.54) is 37.0 Å². The molecule has 6 heterocycles. The lowest BCUT2D eigenvalue weighted by Crippen LogP contribution is -2.29. The summed E-state index contributed by atoms with van der Waals surface area (Å²) in [7, 11) is 0.